The molecule has 0 aromatic carbocycles. The van der Waals surface area contributed by atoms with Crippen molar-refractivity contribution in [2.45, 2.75) is 422 Å². The first-order chi connectivity index (χ1) is 43.2. The van der Waals surface area contributed by atoms with E-state index in [0.29, 0.717) is 19.3 Å². The van der Waals surface area contributed by atoms with Crippen molar-refractivity contribution >= 4 is 5.91 Å². The maximum atomic E-state index is 13.3. The van der Waals surface area contributed by atoms with Crippen LogP contribution in [0.4, 0.5) is 0 Å². The lowest BCUT2D eigenvalue weighted by Gasteiger charge is -2.40. The minimum absolute atomic E-state index is 0.242. The Bertz CT molecular complexity index is 1570. The minimum atomic E-state index is -1.68. The number of amides is 1. The number of hydrogen-bond acceptors (Lipinski definition) is 10. The summed E-state index contributed by atoms with van der Waals surface area (Å²) in [6.07, 6.45) is 75.1. The summed E-state index contributed by atoms with van der Waals surface area (Å²) in [6, 6.07) is -1.20. The summed E-state index contributed by atoms with van der Waals surface area (Å²) in [7, 11) is 0. The summed E-state index contributed by atoms with van der Waals surface area (Å²) in [6.45, 7) is 3.49. The van der Waals surface area contributed by atoms with Crippen molar-refractivity contribution in [3.8, 4) is 0 Å². The molecule has 0 saturated carbocycles. The van der Waals surface area contributed by atoms with Gasteiger partial charge in [-0.05, 0) is 89.9 Å². The first-order valence-electron chi connectivity index (χ1n) is 38.0. The number of aliphatic hydroxyl groups excluding tert-OH is 7. The molecule has 1 amide bonds. The van der Waals surface area contributed by atoms with E-state index in [1.807, 2.05) is 0 Å². The largest absolute Gasteiger partial charge is 0.394 e. The third-order valence-corrected chi connectivity index (χ3v) is 18.3. The molecule has 9 atom stereocenters. The monoisotopic (exact) mass is 1240 g/mol. The second-order valence-corrected chi connectivity index (χ2v) is 26.7. The van der Waals surface area contributed by atoms with Gasteiger partial charge in [0.25, 0.3) is 0 Å². The van der Waals surface area contributed by atoms with Crippen molar-refractivity contribution in [3.05, 3.63) is 48.6 Å². The molecule has 1 aliphatic rings. The van der Waals surface area contributed by atoms with Crippen molar-refractivity contribution in [3.63, 3.8) is 0 Å². The normalized spacial score (nSPS) is 18.9. The average Bonchev–Trinajstić information content (AvgIpc) is 3.61. The Morgan fingerprint density at radius 3 is 1.01 bits per heavy atom. The predicted molar refractivity (Wildman–Crippen MR) is 372 cm³/mol. The van der Waals surface area contributed by atoms with Gasteiger partial charge in [-0.2, -0.15) is 0 Å². The molecule has 1 fully saturated rings. The highest BCUT2D eigenvalue weighted by Gasteiger charge is 2.44. The van der Waals surface area contributed by atoms with E-state index in [1.54, 1.807) is 0 Å². The number of aliphatic hydroxyl groups is 7. The molecule has 9 unspecified atom stereocenters. The molecule has 1 heterocycles. The zero-order valence-electron chi connectivity index (χ0n) is 57.5. The molecular formula is C77H145NO10. The zero-order chi connectivity index (χ0) is 63.9. The van der Waals surface area contributed by atoms with Crippen LogP contribution in [0.1, 0.15) is 367 Å². The predicted octanol–water partition coefficient (Wildman–Crippen LogP) is 19.1. The van der Waals surface area contributed by atoms with Crippen molar-refractivity contribution in [1.82, 2.24) is 5.32 Å². The molecular weight excluding hydrogens is 1100 g/mol. The lowest BCUT2D eigenvalue weighted by molar-refractivity contribution is -0.303. The van der Waals surface area contributed by atoms with Gasteiger partial charge in [-0.25, -0.2) is 0 Å². The smallest absolute Gasteiger partial charge is 0.249 e. The summed E-state index contributed by atoms with van der Waals surface area (Å²) < 4.78 is 11.2. The van der Waals surface area contributed by atoms with Crippen molar-refractivity contribution in [2.75, 3.05) is 13.2 Å². The fraction of sp³-hybridized carbons (Fsp3) is 0.883. The fourth-order valence-corrected chi connectivity index (χ4v) is 12.2. The number of allylic oxidation sites excluding steroid dienone is 8. The summed E-state index contributed by atoms with van der Waals surface area (Å²) in [4.78, 5) is 13.3. The zero-order valence-corrected chi connectivity index (χ0v) is 57.5. The second kappa shape index (κ2) is 65.1. The van der Waals surface area contributed by atoms with E-state index >= 15 is 0 Å². The number of carbonyl (C=O) groups is 1. The molecule has 1 rings (SSSR count). The SMILES string of the molecule is CCCCCCCCCCCCCC/C=C/CC/C=C/CC/C=C/CCCC(O)C(O)C(COC1OC(CO)C(O)C(O)C1O)NC(=O)C(O)CCCCCCCCCCCCCCCCCC/C=C\CCCCCCCCCCCCCCCCCC. The Hall–Kier alpha value is -1.93. The van der Waals surface area contributed by atoms with Crippen molar-refractivity contribution < 1.29 is 50.0 Å². The minimum Gasteiger partial charge on any atom is -0.394 e. The van der Waals surface area contributed by atoms with Crippen LogP contribution in [0.5, 0.6) is 0 Å². The molecule has 0 bridgehead atoms. The number of hydrogen-bond donors (Lipinski definition) is 8. The van der Waals surface area contributed by atoms with Crippen LogP contribution in [0, 0.1) is 0 Å². The van der Waals surface area contributed by atoms with Gasteiger partial charge < -0.3 is 50.5 Å². The van der Waals surface area contributed by atoms with E-state index in [1.165, 1.54) is 276 Å². The van der Waals surface area contributed by atoms with Crippen LogP contribution >= 0.6 is 0 Å². The molecule has 11 heteroatoms. The molecule has 8 N–H and O–H groups in total. The number of nitrogens with one attached hydrogen (secondary N) is 1. The maximum Gasteiger partial charge on any atom is 0.249 e. The molecule has 0 radical (unpaired) electrons. The third-order valence-electron chi connectivity index (χ3n) is 18.3. The quantitative estimate of drug-likeness (QED) is 0.0215. The molecule has 0 aromatic heterocycles. The van der Waals surface area contributed by atoms with E-state index in [4.69, 9.17) is 9.47 Å². The summed E-state index contributed by atoms with van der Waals surface area (Å²) >= 11 is 0. The van der Waals surface area contributed by atoms with Gasteiger partial charge in [-0.15, -0.1) is 0 Å². The average molecular weight is 1250 g/mol. The fourth-order valence-electron chi connectivity index (χ4n) is 12.2. The first kappa shape index (κ1) is 84.1. The Morgan fingerprint density at radius 2 is 0.682 bits per heavy atom. The van der Waals surface area contributed by atoms with Crippen LogP contribution < -0.4 is 5.32 Å². The van der Waals surface area contributed by atoms with Crippen molar-refractivity contribution in [1.29, 1.82) is 0 Å². The first-order valence-corrected chi connectivity index (χ1v) is 38.0. The van der Waals surface area contributed by atoms with Gasteiger partial charge in [0, 0.05) is 0 Å². The molecule has 1 saturated heterocycles. The van der Waals surface area contributed by atoms with Crippen LogP contribution in [0.2, 0.25) is 0 Å². The molecule has 11 nitrogen and oxygen atoms in total. The van der Waals surface area contributed by atoms with E-state index in [9.17, 15) is 40.5 Å². The van der Waals surface area contributed by atoms with Crippen LogP contribution in [0.25, 0.3) is 0 Å². The highest BCUT2D eigenvalue weighted by molar-refractivity contribution is 5.80. The van der Waals surface area contributed by atoms with E-state index in [2.05, 4.69) is 67.8 Å². The Balaban J connectivity index is 2.17. The van der Waals surface area contributed by atoms with Gasteiger partial charge in [0.2, 0.25) is 5.91 Å². The number of rotatable bonds is 67. The van der Waals surface area contributed by atoms with Crippen LogP contribution in [0.15, 0.2) is 48.6 Å². The molecule has 88 heavy (non-hydrogen) atoms. The van der Waals surface area contributed by atoms with Crippen molar-refractivity contribution in [2.24, 2.45) is 0 Å². The van der Waals surface area contributed by atoms with Gasteiger partial charge in [0.05, 0.1) is 25.4 Å². The standard InChI is InChI=1S/C77H145NO10/c1-3-5-7-9-11-13-15-17-19-21-23-25-27-29-30-31-32-33-34-35-36-37-38-39-41-43-45-47-49-51-53-55-57-59-61-63-65-70(81)76(86)78-68(67-87-77-75(85)74(84)73(83)71(66-79)88-77)72(82)69(80)64-62-60-58-56-54-52-50-48-46-44-42-40-28-26-24-22-20-18-16-14-12-10-8-6-4-2/h33-34,40,42,48,50,56,58,68-75,77,79-85H,3-32,35-39,41,43-47,49,51-55,57,59-67H2,1-2H3,(H,78,86)/b34-33-,42-40+,50-48+,58-56+. The van der Waals surface area contributed by atoms with Gasteiger partial charge in [-0.1, -0.05) is 326 Å². The summed E-state index contributed by atoms with van der Waals surface area (Å²) in [5.41, 5.74) is 0. The number of ether oxygens (including phenoxy) is 2. The number of carbonyl (C=O) groups excluding carboxylic acids is 1. The Labute approximate surface area is 542 Å². The van der Waals surface area contributed by atoms with Crippen LogP contribution in [-0.2, 0) is 14.3 Å². The molecule has 0 aliphatic carbocycles. The highest BCUT2D eigenvalue weighted by Crippen LogP contribution is 2.24. The Morgan fingerprint density at radius 1 is 0.386 bits per heavy atom. The van der Waals surface area contributed by atoms with E-state index in [0.717, 1.165) is 44.9 Å². The lowest BCUT2D eigenvalue weighted by atomic mass is 9.98. The topological polar surface area (TPSA) is 189 Å². The molecule has 1 aliphatic heterocycles. The Kier molecular flexibility index (Phi) is 62.2. The summed E-state index contributed by atoms with van der Waals surface area (Å²) in [5, 5.41) is 76.5. The molecule has 0 aromatic rings. The lowest BCUT2D eigenvalue weighted by Crippen LogP contribution is -2.60. The van der Waals surface area contributed by atoms with Crippen LogP contribution in [-0.4, -0.2) is 110 Å². The van der Waals surface area contributed by atoms with E-state index in [-0.39, 0.29) is 12.8 Å². The van der Waals surface area contributed by atoms with Crippen LogP contribution in [0.3, 0.4) is 0 Å². The third kappa shape index (κ3) is 51.6. The van der Waals surface area contributed by atoms with Gasteiger partial charge in [0.15, 0.2) is 6.29 Å². The van der Waals surface area contributed by atoms with Gasteiger partial charge in [0.1, 0.15) is 36.6 Å². The van der Waals surface area contributed by atoms with Gasteiger partial charge in [-0.3, -0.25) is 4.79 Å². The number of unbranched alkanes of at least 4 members (excludes halogenated alkanes) is 47. The molecule has 0 spiro atoms. The highest BCUT2D eigenvalue weighted by atomic mass is 16.7. The summed E-state index contributed by atoms with van der Waals surface area (Å²) in [5.74, 6) is -0.707. The second-order valence-electron chi connectivity index (χ2n) is 26.7. The molecule has 518 valence electrons. The van der Waals surface area contributed by atoms with E-state index < -0.39 is 74.2 Å². The maximum absolute atomic E-state index is 13.3. The van der Waals surface area contributed by atoms with Gasteiger partial charge >= 0.3 is 0 Å².